The highest BCUT2D eigenvalue weighted by Crippen LogP contribution is 2.29. The maximum atomic E-state index is 11.8. The summed E-state index contributed by atoms with van der Waals surface area (Å²) >= 11 is 5.82. The summed E-state index contributed by atoms with van der Waals surface area (Å²) in [7, 11) is 0. The van der Waals surface area contributed by atoms with Gasteiger partial charge >= 0.3 is 0 Å². The molecule has 18 heavy (non-hydrogen) atoms. The number of hydrogen-bond acceptors (Lipinski definition) is 1. The van der Waals surface area contributed by atoms with Crippen LogP contribution in [-0.2, 0) is 4.79 Å². The van der Waals surface area contributed by atoms with E-state index in [-0.39, 0.29) is 17.4 Å². The summed E-state index contributed by atoms with van der Waals surface area (Å²) in [6.45, 7) is 8.19. The van der Waals surface area contributed by atoms with Crippen LogP contribution in [0.4, 0.5) is 0 Å². The first-order valence-electron chi connectivity index (χ1n) is 6.29. The van der Waals surface area contributed by atoms with Gasteiger partial charge in [0, 0.05) is 0 Å². The molecule has 0 saturated carbocycles. The zero-order valence-corrected chi connectivity index (χ0v) is 12.3. The van der Waals surface area contributed by atoms with Crippen molar-refractivity contribution in [3.05, 3.63) is 35.9 Å². The number of benzene rings is 1. The summed E-state index contributed by atoms with van der Waals surface area (Å²) < 4.78 is 0. The summed E-state index contributed by atoms with van der Waals surface area (Å²) in [4.78, 5) is 11.8. The Balaban J connectivity index is 2.86. The van der Waals surface area contributed by atoms with Crippen LogP contribution in [0.2, 0.25) is 0 Å². The van der Waals surface area contributed by atoms with Crippen LogP contribution in [0.3, 0.4) is 0 Å². The molecule has 1 aromatic rings. The standard InChI is InChI=1S/C15H22ClNO/c1-11(16)14(18)17-13(10-15(2,3)4)12-8-6-5-7-9-12/h5-9,11,13H,10H2,1-4H3,(H,17,18). The molecule has 1 rings (SSSR count). The Labute approximate surface area is 115 Å². The molecular formula is C15H22ClNO. The average molecular weight is 268 g/mol. The van der Waals surface area contributed by atoms with Gasteiger partial charge in [-0.1, -0.05) is 51.1 Å². The number of halogens is 1. The number of rotatable bonds is 4. The highest BCUT2D eigenvalue weighted by Gasteiger charge is 2.23. The number of nitrogens with one attached hydrogen (secondary N) is 1. The molecule has 2 nitrogen and oxygen atoms in total. The Morgan fingerprint density at radius 1 is 1.28 bits per heavy atom. The summed E-state index contributed by atoms with van der Waals surface area (Å²) in [6, 6.07) is 10.0. The van der Waals surface area contributed by atoms with E-state index in [9.17, 15) is 4.79 Å². The van der Waals surface area contributed by atoms with Gasteiger partial charge < -0.3 is 5.32 Å². The van der Waals surface area contributed by atoms with Crippen molar-refractivity contribution in [3.8, 4) is 0 Å². The third kappa shape index (κ3) is 5.09. The molecule has 0 aliphatic rings. The van der Waals surface area contributed by atoms with Gasteiger partial charge in [-0.15, -0.1) is 11.6 Å². The van der Waals surface area contributed by atoms with Crippen LogP contribution in [0, 0.1) is 5.41 Å². The first-order chi connectivity index (χ1) is 8.29. The number of hydrogen-bond donors (Lipinski definition) is 1. The molecule has 0 aliphatic heterocycles. The zero-order valence-electron chi connectivity index (χ0n) is 11.5. The molecule has 2 atom stereocenters. The van der Waals surface area contributed by atoms with Gasteiger partial charge in [-0.05, 0) is 24.3 Å². The van der Waals surface area contributed by atoms with Crippen LogP contribution >= 0.6 is 11.6 Å². The molecule has 0 fully saturated rings. The zero-order chi connectivity index (χ0) is 13.8. The fourth-order valence-corrected chi connectivity index (χ4v) is 1.90. The lowest BCUT2D eigenvalue weighted by Gasteiger charge is -2.27. The van der Waals surface area contributed by atoms with Crippen molar-refractivity contribution < 1.29 is 4.79 Å². The van der Waals surface area contributed by atoms with Crippen molar-refractivity contribution in [2.75, 3.05) is 0 Å². The molecule has 3 heteroatoms. The number of carbonyl (C=O) groups excluding carboxylic acids is 1. The van der Waals surface area contributed by atoms with Crippen molar-refractivity contribution in [1.29, 1.82) is 0 Å². The SMILES string of the molecule is CC(Cl)C(=O)NC(CC(C)(C)C)c1ccccc1. The molecule has 2 unspecified atom stereocenters. The summed E-state index contributed by atoms with van der Waals surface area (Å²) in [6.07, 6.45) is 0.881. The van der Waals surface area contributed by atoms with Gasteiger partial charge in [0.25, 0.3) is 0 Å². The number of carbonyl (C=O) groups is 1. The second-order valence-corrected chi connectivity index (χ2v) is 6.51. The third-order valence-corrected chi connectivity index (χ3v) is 2.89. The molecule has 100 valence electrons. The molecule has 0 heterocycles. The molecule has 0 radical (unpaired) electrons. The topological polar surface area (TPSA) is 29.1 Å². The molecule has 1 aromatic carbocycles. The normalized spacial score (nSPS) is 14.9. The van der Waals surface area contributed by atoms with E-state index in [4.69, 9.17) is 11.6 Å². The van der Waals surface area contributed by atoms with Crippen LogP contribution in [0.5, 0.6) is 0 Å². The minimum atomic E-state index is -0.504. The maximum absolute atomic E-state index is 11.8. The van der Waals surface area contributed by atoms with Gasteiger partial charge in [0.1, 0.15) is 5.38 Å². The van der Waals surface area contributed by atoms with Gasteiger partial charge in [-0.3, -0.25) is 4.79 Å². The van der Waals surface area contributed by atoms with E-state index in [2.05, 4.69) is 26.1 Å². The molecule has 0 spiro atoms. The lowest BCUT2D eigenvalue weighted by molar-refractivity contribution is -0.121. The second-order valence-electron chi connectivity index (χ2n) is 5.85. The molecule has 0 saturated heterocycles. The molecule has 0 aliphatic carbocycles. The van der Waals surface area contributed by atoms with Crippen molar-refractivity contribution in [2.24, 2.45) is 5.41 Å². The molecule has 1 amide bonds. The van der Waals surface area contributed by atoms with Gasteiger partial charge in [0.05, 0.1) is 6.04 Å². The highest BCUT2D eigenvalue weighted by atomic mass is 35.5. The van der Waals surface area contributed by atoms with E-state index < -0.39 is 5.38 Å². The smallest absolute Gasteiger partial charge is 0.238 e. The van der Waals surface area contributed by atoms with Crippen molar-refractivity contribution in [2.45, 2.75) is 45.5 Å². The predicted octanol–water partition coefficient (Wildman–Crippen LogP) is 3.91. The lowest BCUT2D eigenvalue weighted by atomic mass is 9.85. The number of amides is 1. The predicted molar refractivity (Wildman–Crippen MR) is 76.7 cm³/mol. The van der Waals surface area contributed by atoms with E-state index in [0.717, 1.165) is 12.0 Å². The first-order valence-corrected chi connectivity index (χ1v) is 6.72. The Morgan fingerprint density at radius 2 is 1.83 bits per heavy atom. The van der Waals surface area contributed by atoms with Gasteiger partial charge in [0.2, 0.25) is 5.91 Å². The van der Waals surface area contributed by atoms with Gasteiger partial charge in [0.15, 0.2) is 0 Å². The van der Waals surface area contributed by atoms with E-state index in [1.807, 2.05) is 30.3 Å². The fourth-order valence-electron chi connectivity index (χ4n) is 1.84. The highest BCUT2D eigenvalue weighted by molar-refractivity contribution is 6.30. The Morgan fingerprint density at radius 3 is 2.28 bits per heavy atom. The first kappa shape index (κ1) is 15.0. The molecular weight excluding hydrogens is 246 g/mol. The van der Waals surface area contributed by atoms with Crippen LogP contribution < -0.4 is 5.32 Å². The van der Waals surface area contributed by atoms with E-state index in [0.29, 0.717) is 0 Å². The Kier molecular flexibility index (Phi) is 5.21. The minimum Gasteiger partial charge on any atom is -0.348 e. The van der Waals surface area contributed by atoms with Crippen LogP contribution in [-0.4, -0.2) is 11.3 Å². The quantitative estimate of drug-likeness (QED) is 0.824. The van der Waals surface area contributed by atoms with Gasteiger partial charge in [-0.25, -0.2) is 0 Å². The number of alkyl halides is 1. The molecule has 0 bridgehead atoms. The summed E-state index contributed by atoms with van der Waals surface area (Å²) in [5.41, 5.74) is 1.27. The Hall–Kier alpha value is -1.02. The minimum absolute atomic E-state index is 0.0138. The Bertz CT molecular complexity index is 381. The maximum Gasteiger partial charge on any atom is 0.238 e. The summed E-state index contributed by atoms with van der Waals surface area (Å²) in [5.74, 6) is -0.116. The van der Waals surface area contributed by atoms with Crippen LogP contribution in [0.25, 0.3) is 0 Å². The van der Waals surface area contributed by atoms with Gasteiger partial charge in [-0.2, -0.15) is 0 Å². The van der Waals surface area contributed by atoms with Crippen LogP contribution in [0.1, 0.15) is 45.7 Å². The third-order valence-electron chi connectivity index (χ3n) is 2.70. The van der Waals surface area contributed by atoms with E-state index in [1.54, 1.807) is 6.92 Å². The largest absolute Gasteiger partial charge is 0.348 e. The lowest BCUT2D eigenvalue weighted by Crippen LogP contribution is -2.35. The fraction of sp³-hybridized carbons (Fsp3) is 0.533. The molecule has 0 aromatic heterocycles. The van der Waals surface area contributed by atoms with Crippen molar-refractivity contribution >= 4 is 17.5 Å². The second kappa shape index (κ2) is 6.24. The van der Waals surface area contributed by atoms with Crippen molar-refractivity contribution in [3.63, 3.8) is 0 Å². The van der Waals surface area contributed by atoms with E-state index in [1.165, 1.54) is 0 Å². The van der Waals surface area contributed by atoms with E-state index >= 15 is 0 Å². The average Bonchev–Trinajstić information content (AvgIpc) is 2.27. The monoisotopic (exact) mass is 267 g/mol. The van der Waals surface area contributed by atoms with Crippen molar-refractivity contribution in [1.82, 2.24) is 5.32 Å². The van der Waals surface area contributed by atoms with Crippen LogP contribution in [0.15, 0.2) is 30.3 Å². The molecule has 1 N–H and O–H groups in total. The summed E-state index contributed by atoms with van der Waals surface area (Å²) in [5, 5.41) is 2.51.